The Balaban J connectivity index is 1.63. The maximum Gasteiger partial charge on any atom is 0.514 e. The van der Waals surface area contributed by atoms with Crippen LogP contribution in [0.1, 0.15) is 27.0 Å². The molecule has 0 aliphatic heterocycles. The molecule has 0 N–H and O–H groups in total. The van der Waals surface area contributed by atoms with Gasteiger partial charge in [-0.1, -0.05) is 48.5 Å². The van der Waals surface area contributed by atoms with Gasteiger partial charge in [0.25, 0.3) is 5.56 Å². The Labute approximate surface area is 202 Å². The molecule has 0 atom stereocenters. The lowest BCUT2D eigenvalue weighted by atomic mass is 10.0. The van der Waals surface area contributed by atoms with Gasteiger partial charge in [0, 0.05) is 23.9 Å². The van der Waals surface area contributed by atoms with Crippen LogP contribution in [0.15, 0.2) is 95.9 Å². The van der Waals surface area contributed by atoms with Crippen molar-refractivity contribution in [2.45, 2.75) is 13.5 Å². The van der Waals surface area contributed by atoms with Crippen LogP contribution in [0.4, 0.5) is 4.79 Å². The monoisotopic (exact) mass is 469 g/mol. The third kappa shape index (κ3) is 5.47. The number of nitrogens with zero attached hydrogens (tertiary/aromatic N) is 1. The average molecular weight is 469 g/mol. The van der Waals surface area contributed by atoms with Crippen LogP contribution in [-0.2, 0) is 11.3 Å². The molecule has 4 rings (SSSR count). The Bertz CT molecular complexity index is 1430. The summed E-state index contributed by atoms with van der Waals surface area (Å²) in [6.45, 7) is 1.90. The van der Waals surface area contributed by atoms with Gasteiger partial charge in [0.15, 0.2) is 5.78 Å². The van der Waals surface area contributed by atoms with Crippen molar-refractivity contribution < 1.29 is 23.8 Å². The quantitative estimate of drug-likeness (QED) is 0.213. The fourth-order valence-electron chi connectivity index (χ4n) is 3.54. The Hall–Kier alpha value is -4.65. The molecule has 0 radical (unpaired) electrons. The highest BCUT2D eigenvalue weighted by Gasteiger charge is 2.20. The average Bonchev–Trinajstić information content (AvgIpc) is 2.88. The second kappa shape index (κ2) is 10.5. The number of aryl methyl sites for hydroxylation is 1. The fourth-order valence-corrected chi connectivity index (χ4v) is 3.54. The molecule has 1 heterocycles. The zero-order chi connectivity index (χ0) is 24.8. The summed E-state index contributed by atoms with van der Waals surface area (Å²) in [6.07, 6.45) is 0.524. The molecule has 3 aromatic carbocycles. The van der Waals surface area contributed by atoms with Crippen molar-refractivity contribution in [3.8, 4) is 17.2 Å². The number of aromatic nitrogens is 1. The number of carbonyl (C=O) groups excluding carboxylic acids is 2. The van der Waals surface area contributed by atoms with E-state index in [-0.39, 0.29) is 29.0 Å². The molecular weight excluding hydrogens is 446 g/mol. The largest absolute Gasteiger partial charge is 0.514 e. The summed E-state index contributed by atoms with van der Waals surface area (Å²) in [5.41, 5.74) is 2.45. The second-order valence-corrected chi connectivity index (χ2v) is 7.73. The maximum atomic E-state index is 13.4. The van der Waals surface area contributed by atoms with E-state index < -0.39 is 11.9 Å². The number of pyridine rings is 1. The summed E-state index contributed by atoms with van der Waals surface area (Å²) in [5, 5.41) is 0. The van der Waals surface area contributed by atoms with Gasteiger partial charge in [0.1, 0.15) is 18.1 Å². The van der Waals surface area contributed by atoms with Gasteiger partial charge in [-0.2, -0.15) is 0 Å². The number of ether oxygens (including phenoxy) is 3. The predicted molar refractivity (Wildman–Crippen MR) is 130 cm³/mol. The topological polar surface area (TPSA) is 83.8 Å². The SMILES string of the molecule is COc1ccc(C(=O)c2ccc(=O)n(-c3ccccc3C)c2)c(OC(=O)OCc2ccccc2)c1. The van der Waals surface area contributed by atoms with Crippen LogP contribution in [0.5, 0.6) is 11.5 Å². The van der Waals surface area contributed by atoms with Crippen molar-refractivity contribution in [3.63, 3.8) is 0 Å². The zero-order valence-electron chi connectivity index (χ0n) is 19.3. The van der Waals surface area contributed by atoms with Crippen LogP contribution < -0.4 is 15.0 Å². The minimum absolute atomic E-state index is 0.0129. The van der Waals surface area contributed by atoms with Crippen molar-refractivity contribution in [1.82, 2.24) is 4.57 Å². The van der Waals surface area contributed by atoms with Crippen molar-refractivity contribution >= 4 is 11.9 Å². The number of methoxy groups -OCH3 is 1. The first-order valence-corrected chi connectivity index (χ1v) is 10.9. The summed E-state index contributed by atoms with van der Waals surface area (Å²) in [6, 6.07) is 23.8. The molecule has 0 amide bonds. The molecular formula is C28H23NO6. The minimum Gasteiger partial charge on any atom is -0.497 e. The summed E-state index contributed by atoms with van der Waals surface area (Å²) < 4.78 is 17.2. The molecule has 0 fully saturated rings. The van der Waals surface area contributed by atoms with Crippen LogP contribution in [0, 0.1) is 6.92 Å². The maximum absolute atomic E-state index is 13.4. The van der Waals surface area contributed by atoms with Gasteiger partial charge in [-0.25, -0.2) is 4.79 Å². The Kier molecular flexibility index (Phi) is 7.07. The lowest BCUT2D eigenvalue weighted by Gasteiger charge is -2.13. The van der Waals surface area contributed by atoms with Crippen molar-refractivity contribution in [1.29, 1.82) is 0 Å². The van der Waals surface area contributed by atoms with Gasteiger partial charge < -0.3 is 14.2 Å². The van der Waals surface area contributed by atoms with E-state index in [9.17, 15) is 14.4 Å². The number of rotatable bonds is 7. The molecule has 0 unspecified atom stereocenters. The molecule has 0 saturated heterocycles. The van der Waals surface area contributed by atoms with Gasteiger partial charge in [-0.05, 0) is 42.3 Å². The minimum atomic E-state index is -0.957. The van der Waals surface area contributed by atoms with E-state index in [1.54, 1.807) is 12.1 Å². The molecule has 176 valence electrons. The summed E-state index contributed by atoms with van der Waals surface area (Å²) in [5.74, 6) is -0.0424. The third-order valence-electron chi connectivity index (χ3n) is 5.37. The van der Waals surface area contributed by atoms with Gasteiger partial charge in [-0.15, -0.1) is 0 Å². The summed E-state index contributed by atoms with van der Waals surface area (Å²) >= 11 is 0. The highest BCUT2D eigenvalue weighted by Crippen LogP contribution is 2.28. The first kappa shape index (κ1) is 23.5. The van der Waals surface area contributed by atoms with Gasteiger partial charge in [0.05, 0.1) is 18.4 Å². The Morgan fingerprint density at radius 1 is 0.886 bits per heavy atom. The third-order valence-corrected chi connectivity index (χ3v) is 5.37. The van der Waals surface area contributed by atoms with Gasteiger partial charge in [-0.3, -0.25) is 14.2 Å². The molecule has 0 spiro atoms. The number of hydrogen-bond acceptors (Lipinski definition) is 6. The number of benzene rings is 3. The lowest BCUT2D eigenvalue weighted by molar-refractivity contribution is 0.0916. The van der Waals surface area contributed by atoms with Crippen LogP contribution in [0.3, 0.4) is 0 Å². The van der Waals surface area contributed by atoms with Gasteiger partial charge >= 0.3 is 6.16 Å². The van der Waals surface area contributed by atoms with Crippen molar-refractivity contribution in [2.75, 3.05) is 7.11 Å². The molecule has 0 aliphatic rings. The van der Waals surface area contributed by atoms with Crippen LogP contribution in [0.25, 0.3) is 5.69 Å². The van der Waals surface area contributed by atoms with Crippen LogP contribution in [0.2, 0.25) is 0 Å². The molecule has 0 aliphatic carbocycles. The summed E-state index contributed by atoms with van der Waals surface area (Å²) in [4.78, 5) is 38.3. The first-order valence-electron chi connectivity index (χ1n) is 10.9. The van der Waals surface area contributed by atoms with Gasteiger partial charge in [0.2, 0.25) is 0 Å². The number of hydrogen-bond donors (Lipinski definition) is 0. The van der Waals surface area contributed by atoms with Crippen LogP contribution >= 0.6 is 0 Å². The first-order chi connectivity index (χ1) is 17.0. The predicted octanol–water partition coefficient (Wildman–Crippen LogP) is 5.10. The molecule has 0 bridgehead atoms. The van der Waals surface area contributed by atoms with Crippen molar-refractivity contribution in [2.24, 2.45) is 0 Å². The lowest BCUT2D eigenvalue weighted by Crippen LogP contribution is -2.20. The summed E-state index contributed by atoms with van der Waals surface area (Å²) in [7, 11) is 1.46. The number of carbonyl (C=O) groups is 2. The molecule has 7 heteroatoms. The Morgan fingerprint density at radius 3 is 2.37 bits per heavy atom. The molecule has 35 heavy (non-hydrogen) atoms. The van der Waals surface area contributed by atoms with Crippen molar-refractivity contribution in [3.05, 3.63) is 124 Å². The standard InChI is InChI=1S/C28H23NO6/c1-19-8-6-7-11-24(19)29-17-21(12-15-26(29)30)27(31)23-14-13-22(33-2)16-25(23)35-28(32)34-18-20-9-4-3-5-10-20/h3-17H,18H2,1-2H3. The molecule has 7 nitrogen and oxygen atoms in total. The molecule has 0 saturated carbocycles. The Morgan fingerprint density at radius 2 is 1.63 bits per heavy atom. The molecule has 1 aromatic heterocycles. The van der Waals surface area contributed by atoms with E-state index in [0.29, 0.717) is 11.4 Å². The highest BCUT2D eigenvalue weighted by atomic mass is 16.7. The normalized spacial score (nSPS) is 10.5. The van der Waals surface area contributed by atoms with Crippen LogP contribution in [-0.4, -0.2) is 23.6 Å². The number of para-hydroxylation sites is 1. The highest BCUT2D eigenvalue weighted by molar-refractivity contribution is 6.11. The van der Waals surface area contributed by atoms with E-state index in [1.165, 1.54) is 42.1 Å². The zero-order valence-corrected chi connectivity index (χ0v) is 19.3. The smallest absolute Gasteiger partial charge is 0.497 e. The van der Waals surface area contributed by atoms with E-state index in [0.717, 1.165) is 11.1 Å². The molecule has 4 aromatic rings. The van der Waals surface area contributed by atoms with E-state index >= 15 is 0 Å². The fraction of sp³-hybridized carbons (Fsp3) is 0.107. The van der Waals surface area contributed by atoms with E-state index in [1.807, 2.05) is 55.5 Å². The second-order valence-electron chi connectivity index (χ2n) is 7.73. The van der Waals surface area contributed by atoms with E-state index in [4.69, 9.17) is 14.2 Å². The van der Waals surface area contributed by atoms with E-state index in [2.05, 4.69) is 0 Å². The number of ketones is 1.